The van der Waals surface area contributed by atoms with Crippen LogP contribution in [0.5, 0.6) is 0 Å². The van der Waals surface area contributed by atoms with Gasteiger partial charge in [-0.25, -0.2) is 0 Å². The van der Waals surface area contributed by atoms with Crippen LogP contribution in [0.15, 0.2) is 72.8 Å². The molecule has 2 heteroatoms. The van der Waals surface area contributed by atoms with Crippen molar-refractivity contribution < 1.29 is 5.11 Å². The zero-order valence-electron chi connectivity index (χ0n) is 15.9. The average Bonchev–Trinajstić information content (AvgIpc) is 2.63. The maximum atomic E-state index is 9.65. The number of rotatable bonds is 6. The molecule has 0 unspecified atom stereocenters. The van der Waals surface area contributed by atoms with E-state index in [0.717, 1.165) is 12.6 Å². The van der Waals surface area contributed by atoms with Gasteiger partial charge < -0.3 is 5.11 Å². The monoisotopic (exact) mass is 363 g/mol. The Kier molecular flexibility index (Phi) is 5.91. The number of aliphatic hydroxyl groups excluding tert-OH is 1. The van der Waals surface area contributed by atoms with Crippen molar-refractivity contribution in [1.82, 2.24) is 0 Å². The van der Waals surface area contributed by atoms with Crippen LogP contribution in [0, 0.1) is 20.8 Å². The maximum Gasteiger partial charge on any atom is 0.112 e. The number of hydrogen-bond donors (Lipinski definition) is 1. The predicted octanol–water partition coefficient (Wildman–Crippen LogP) is 4.29. The smallest absolute Gasteiger partial charge is 0.112 e. The van der Waals surface area contributed by atoms with E-state index in [4.69, 9.17) is 0 Å². The van der Waals surface area contributed by atoms with Gasteiger partial charge in [0.1, 0.15) is 23.2 Å². The molecule has 0 aliphatic carbocycles. The van der Waals surface area contributed by atoms with Crippen LogP contribution in [0.2, 0.25) is 0 Å². The van der Waals surface area contributed by atoms with Crippen LogP contribution >= 0.6 is 7.26 Å². The fourth-order valence-electron chi connectivity index (χ4n) is 3.74. The van der Waals surface area contributed by atoms with Crippen LogP contribution in [0.25, 0.3) is 0 Å². The summed E-state index contributed by atoms with van der Waals surface area (Å²) in [7, 11) is -1.81. The van der Waals surface area contributed by atoms with E-state index in [1.807, 2.05) is 0 Å². The van der Waals surface area contributed by atoms with Gasteiger partial charge in [0.05, 0.1) is 6.16 Å². The summed E-state index contributed by atoms with van der Waals surface area (Å²) in [6.07, 6.45) is 1.80. The highest BCUT2D eigenvalue weighted by molar-refractivity contribution is 7.95. The van der Waals surface area contributed by atoms with Crippen molar-refractivity contribution in [2.24, 2.45) is 0 Å². The largest absolute Gasteiger partial charge is 0.396 e. The van der Waals surface area contributed by atoms with Gasteiger partial charge in [-0.2, -0.15) is 0 Å². The Morgan fingerprint density at radius 2 is 1.04 bits per heavy atom. The Morgan fingerprint density at radius 3 is 1.35 bits per heavy atom. The highest BCUT2D eigenvalue weighted by Crippen LogP contribution is 2.56. The van der Waals surface area contributed by atoms with Crippen LogP contribution in [-0.4, -0.2) is 17.9 Å². The number of benzene rings is 3. The maximum absolute atomic E-state index is 9.65. The van der Waals surface area contributed by atoms with E-state index in [0.29, 0.717) is 0 Å². The Morgan fingerprint density at radius 1 is 0.654 bits per heavy atom. The first kappa shape index (κ1) is 18.8. The van der Waals surface area contributed by atoms with Crippen LogP contribution in [0.1, 0.15) is 23.1 Å². The van der Waals surface area contributed by atoms with Gasteiger partial charge in [0, 0.05) is 13.0 Å². The lowest BCUT2D eigenvalue weighted by atomic mass is 10.2. The first-order chi connectivity index (χ1) is 12.6. The van der Waals surface area contributed by atoms with Gasteiger partial charge in [0.25, 0.3) is 0 Å². The van der Waals surface area contributed by atoms with Crippen molar-refractivity contribution in [2.45, 2.75) is 27.2 Å². The van der Waals surface area contributed by atoms with E-state index >= 15 is 0 Å². The third-order valence-corrected chi connectivity index (χ3v) is 9.45. The Balaban J connectivity index is 2.34. The molecule has 0 fully saturated rings. The Bertz CT molecular complexity index is 774. The van der Waals surface area contributed by atoms with Gasteiger partial charge >= 0.3 is 0 Å². The molecule has 0 heterocycles. The van der Waals surface area contributed by atoms with Gasteiger partial charge in [0.2, 0.25) is 0 Å². The molecule has 1 N–H and O–H groups in total. The lowest BCUT2D eigenvalue weighted by Gasteiger charge is -2.28. The molecule has 1 nitrogen and oxygen atoms in total. The van der Waals surface area contributed by atoms with Gasteiger partial charge in [0.15, 0.2) is 0 Å². The van der Waals surface area contributed by atoms with Crippen LogP contribution in [-0.2, 0) is 0 Å². The van der Waals surface area contributed by atoms with E-state index in [1.165, 1.54) is 32.6 Å². The SMILES string of the molecule is Cc1cccc([P+](CCCO)(c2cccc(C)c2)c2cccc(C)c2)c1. The predicted molar refractivity (Wildman–Crippen MR) is 116 cm³/mol. The first-order valence-electron chi connectivity index (χ1n) is 9.27. The van der Waals surface area contributed by atoms with Gasteiger partial charge in [-0.1, -0.05) is 36.4 Å². The molecule has 3 aromatic rings. The van der Waals surface area contributed by atoms with E-state index in [-0.39, 0.29) is 6.61 Å². The van der Waals surface area contributed by atoms with Crippen molar-refractivity contribution >= 4 is 23.2 Å². The van der Waals surface area contributed by atoms with Gasteiger partial charge in [-0.15, -0.1) is 0 Å². The molecule has 0 aliphatic heterocycles. The van der Waals surface area contributed by atoms with Crippen molar-refractivity contribution in [2.75, 3.05) is 12.8 Å². The molecule has 0 radical (unpaired) electrons. The topological polar surface area (TPSA) is 20.2 Å². The Hall–Kier alpha value is -1.95. The van der Waals surface area contributed by atoms with E-state index < -0.39 is 7.26 Å². The van der Waals surface area contributed by atoms with E-state index in [9.17, 15) is 5.11 Å². The van der Waals surface area contributed by atoms with Crippen molar-refractivity contribution in [3.05, 3.63) is 89.5 Å². The lowest BCUT2D eigenvalue weighted by molar-refractivity contribution is 0.296. The fraction of sp³-hybridized carbons (Fsp3) is 0.250. The van der Waals surface area contributed by atoms with Crippen molar-refractivity contribution in [3.63, 3.8) is 0 Å². The molecule has 0 bridgehead atoms. The zero-order chi connectivity index (χ0) is 18.6. The molecule has 0 saturated heterocycles. The summed E-state index contributed by atoms with van der Waals surface area (Å²) in [4.78, 5) is 0. The molecular weight excluding hydrogens is 335 g/mol. The highest BCUT2D eigenvalue weighted by atomic mass is 31.2. The summed E-state index contributed by atoms with van der Waals surface area (Å²) < 4.78 is 0. The summed E-state index contributed by atoms with van der Waals surface area (Å²) in [5, 5.41) is 13.9. The summed E-state index contributed by atoms with van der Waals surface area (Å²) in [6, 6.07) is 26.9. The molecular formula is C24H28OP+. The standard InChI is InChI=1S/C24H28OP/c1-19-8-4-11-22(16-19)26(15-7-14-25,23-12-5-9-20(2)17-23)24-13-6-10-21(3)18-24/h4-6,8-13,16-18,25H,7,14-15H2,1-3H3/q+1. The van der Waals surface area contributed by atoms with E-state index in [1.54, 1.807) is 0 Å². The summed E-state index contributed by atoms with van der Waals surface area (Å²) in [6.45, 7) is 6.72. The third-order valence-electron chi connectivity index (χ3n) is 4.98. The second-order valence-corrected chi connectivity index (χ2v) is 10.7. The number of aliphatic hydroxyl groups is 1. The minimum atomic E-state index is -1.81. The molecule has 0 spiro atoms. The Labute approximate surface area is 158 Å². The third kappa shape index (κ3) is 3.75. The second kappa shape index (κ2) is 8.16. The quantitative estimate of drug-likeness (QED) is 0.648. The lowest BCUT2D eigenvalue weighted by Crippen LogP contribution is -2.34. The molecule has 0 aromatic heterocycles. The van der Waals surface area contributed by atoms with Crippen LogP contribution in [0.3, 0.4) is 0 Å². The molecule has 0 atom stereocenters. The minimum Gasteiger partial charge on any atom is -0.396 e. The zero-order valence-corrected chi connectivity index (χ0v) is 16.8. The van der Waals surface area contributed by atoms with Crippen LogP contribution < -0.4 is 15.9 Å². The minimum absolute atomic E-state index is 0.227. The number of hydrogen-bond acceptors (Lipinski definition) is 1. The van der Waals surface area contributed by atoms with Crippen molar-refractivity contribution in [1.29, 1.82) is 0 Å². The first-order valence-corrected chi connectivity index (χ1v) is 11.2. The average molecular weight is 363 g/mol. The van der Waals surface area contributed by atoms with Crippen LogP contribution in [0.4, 0.5) is 0 Å². The molecule has 3 rings (SSSR count). The summed E-state index contributed by atoms with van der Waals surface area (Å²) >= 11 is 0. The second-order valence-electron chi connectivity index (χ2n) is 7.13. The summed E-state index contributed by atoms with van der Waals surface area (Å²) in [5.74, 6) is 0. The molecule has 0 aliphatic rings. The number of aryl methyl sites for hydroxylation is 3. The van der Waals surface area contributed by atoms with Crippen molar-refractivity contribution in [3.8, 4) is 0 Å². The van der Waals surface area contributed by atoms with Gasteiger partial charge in [-0.05, 0) is 73.9 Å². The molecule has 3 aromatic carbocycles. The van der Waals surface area contributed by atoms with Gasteiger partial charge in [-0.3, -0.25) is 0 Å². The summed E-state index contributed by atoms with van der Waals surface area (Å²) in [5.41, 5.74) is 3.86. The fourth-order valence-corrected chi connectivity index (χ4v) is 8.32. The van der Waals surface area contributed by atoms with E-state index in [2.05, 4.69) is 93.6 Å². The molecule has 26 heavy (non-hydrogen) atoms. The normalized spacial score (nSPS) is 11.5. The molecule has 0 saturated carbocycles. The molecule has 134 valence electrons. The molecule has 0 amide bonds. The highest BCUT2D eigenvalue weighted by Gasteiger charge is 2.44.